The summed E-state index contributed by atoms with van der Waals surface area (Å²) in [4.78, 5) is 10.5. The summed E-state index contributed by atoms with van der Waals surface area (Å²) in [7, 11) is 0. The molecule has 3 aromatic carbocycles. The molecule has 162 valence electrons. The second kappa shape index (κ2) is 9.84. The van der Waals surface area contributed by atoms with Crippen molar-refractivity contribution in [2.24, 2.45) is 0 Å². The fraction of sp³-hybridized carbons (Fsp3) is 0.130. The van der Waals surface area contributed by atoms with E-state index in [4.69, 9.17) is 16.3 Å². The highest BCUT2D eigenvalue weighted by molar-refractivity contribution is 7.98. The van der Waals surface area contributed by atoms with Crippen molar-refractivity contribution in [1.29, 1.82) is 0 Å². The number of non-ortho nitro benzene ring substituents is 1. The first-order valence-corrected chi connectivity index (χ1v) is 11.2. The van der Waals surface area contributed by atoms with Gasteiger partial charge in [0.15, 0.2) is 17.1 Å². The van der Waals surface area contributed by atoms with Gasteiger partial charge in [-0.2, -0.15) is 0 Å². The SMILES string of the molecule is CC(Oc1ccccc1Cl)c1nnc(SCc2ccc([N+](=O)[O-])cc2)n1-c1ccccc1. The molecule has 0 bridgehead atoms. The molecule has 1 aromatic heterocycles. The van der Waals surface area contributed by atoms with Gasteiger partial charge in [0.05, 0.1) is 9.95 Å². The number of hydrogen-bond donors (Lipinski definition) is 0. The van der Waals surface area contributed by atoms with Gasteiger partial charge in [0.25, 0.3) is 5.69 Å². The third-order valence-electron chi connectivity index (χ3n) is 4.69. The molecule has 4 rings (SSSR count). The van der Waals surface area contributed by atoms with Gasteiger partial charge in [0.1, 0.15) is 5.75 Å². The van der Waals surface area contributed by atoms with Gasteiger partial charge in [0.2, 0.25) is 0 Å². The molecule has 0 saturated carbocycles. The van der Waals surface area contributed by atoms with Crippen LogP contribution in [0.1, 0.15) is 24.4 Å². The number of nitrogens with zero attached hydrogens (tertiary/aromatic N) is 4. The average Bonchev–Trinajstić information content (AvgIpc) is 3.24. The number of para-hydroxylation sites is 2. The number of hydrogen-bond acceptors (Lipinski definition) is 6. The predicted octanol–water partition coefficient (Wildman–Crippen LogP) is 6.26. The highest BCUT2D eigenvalue weighted by Crippen LogP contribution is 2.32. The van der Waals surface area contributed by atoms with Gasteiger partial charge >= 0.3 is 0 Å². The Labute approximate surface area is 194 Å². The van der Waals surface area contributed by atoms with Gasteiger partial charge in [-0.15, -0.1) is 10.2 Å². The number of aromatic nitrogens is 3. The van der Waals surface area contributed by atoms with Crippen LogP contribution in [0.4, 0.5) is 5.69 Å². The predicted molar refractivity (Wildman–Crippen MR) is 125 cm³/mol. The smallest absolute Gasteiger partial charge is 0.269 e. The van der Waals surface area contributed by atoms with Crippen LogP contribution in [0.25, 0.3) is 5.69 Å². The minimum Gasteiger partial charge on any atom is -0.481 e. The summed E-state index contributed by atoms with van der Waals surface area (Å²) in [5.74, 6) is 1.80. The molecule has 1 unspecified atom stereocenters. The maximum atomic E-state index is 10.9. The first kappa shape index (κ1) is 21.9. The van der Waals surface area contributed by atoms with E-state index in [1.807, 2.05) is 60.0 Å². The van der Waals surface area contributed by atoms with E-state index >= 15 is 0 Å². The molecule has 7 nitrogen and oxygen atoms in total. The average molecular weight is 467 g/mol. The second-order valence-corrected chi connectivity index (χ2v) is 8.26. The molecule has 0 fully saturated rings. The second-order valence-electron chi connectivity index (χ2n) is 6.91. The first-order valence-electron chi connectivity index (χ1n) is 9.81. The van der Waals surface area contributed by atoms with Crippen molar-refractivity contribution in [1.82, 2.24) is 14.8 Å². The Morgan fingerprint density at radius 2 is 1.72 bits per heavy atom. The van der Waals surface area contributed by atoms with Crippen molar-refractivity contribution in [2.45, 2.75) is 23.9 Å². The number of rotatable bonds is 8. The zero-order chi connectivity index (χ0) is 22.5. The van der Waals surface area contributed by atoms with E-state index in [9.17, 15) is 10.1 Å². The summed E-state index contributed by atoms with van der Waals surface area (Å²) in [5.41, 5.74) is 1.93. The Hall–Kier alpha value is -3.36. The number of nitro groups is 1. The van der Waals surface area contributed by atoms with Crippen LogP contribution in [0.5, 0.6) is 5.75 Å². The van der Waals surface area contributed by atoms with Crippen LogP contribution in [0.3, 0.4) is 0 Å². The van der Waals surface area contributed by atoms with Crippen LogP contribution in [0.2, 0.25) is 5.02 Å². The molecule has 1 atom stereocenters. The van der Waals surface area contributed by atoms with Gasteiger partial charge in [-0.3, -0.25) is 14.7 Å². The lowest BCUT2D eigenvalue weighted by Gasteiger charge is -2.17. The Morgan fingerprint density at radius 3 is 2.41 bits per heavy atom. The normalized spacial score (nSPS) is 11.8. The van der Waals surface area contributed by atoms with Crippen molar-refractivity contribution < 1.29 is 9.66 Å². The van der Waals surface area contributed by atoms with Crippen LogP contribution in [-0.4, -0.2) is 19.7 Å². The van der Waals surface area contributed by atoms with E-state index in [0.29, 0.717) is 27.5 Å². The zero-order valence-electron chi connectivity index (χ0n) is 17.1. The van der Waals surface area contributed by atoms with Crippen LogP contribution in [0.15, 0.2) is 84.0 Å². The summed E-state index contributed by atoms with van der Waals surface area (Å²) in [6, 6.07) is 23.6. The van der Waals surface area contributed by atoms with E-state index in [0.717, 1.165) is 11.3 Å². The lowest BCUT2D eigenvalue weighted by atomic mass is 10.2. The largest absolute Gasteiger partial charge is 0.481 e. The molecule has 0 spiro atoms. The summed E-state index contributed by atoms with van der Waals surface area (Å²) in [5, 5.41) is 20.9. The Bertz CT molecular complexity index is 1220. The van der Waals surface area contributed by atoms with E-state index in [1.165, 1.54) is 23.9 Å². The Balaban J connectivity index is 1.61. The molecule has 0 aliphatic rings. The van der Waals surface area contributed by atoms with Crippen molar-refractivity contribution in [3.05, 3.63) is 105 Å². The highest BCUT2D eigenvalue weighted by atomic mass is 35.5. The number of ether oxygens (including phenoxy) is 1. The van der Waals surface area contributed by atoms with Gasteiger partial charge in [0, 0.05) is 23.6 Å². The Morgan fingerprint density at radius 1 is 1.03 bits per heavy atom. The fourth-order valence-electron chi connectivity index (χ4n) is 3.10. The molecule has 1 heterocycles. The van der Waals surface area contributed by atoms with E-state index < -0.39 is 11.0 Å². The van der Waals surface area contributed by atoms with E-state index in [-0.39, 0.29) is 5.69 Å². The van der Waals surface area contributed by atoms with E-state index in [1.54, 1.807) is 18.2 Å². The molecule has 0 aliphatic heterocycles. The number of thioether (sulfide) groups is 1. The first-order chi connectivity index (χ1) is 15.5. The van der Waals surface area contributed by atoms with Crippen molar-refractivity contribution >= 4 is 29.1 Å². The molecule has 32 heavy (non-hydrogen) atoms. The molecular formula is C23H19ClN4O3S. The van der Waals surface area contributed by atoms with Crippen LogP contribution < -0.4 is 4.74 Å². The van der Waals surface area contributed by atoms with Crippen LogP contribution in [-0.2, 0) is 5.75 Å². The monoisotopic (exact) mass is 466 g/mol. The van der Waals surface area contributed by atoms with Crippen molar-refractivity contribution in [3.63, 3.8) is 0 Å². The summed E-state index contributed by atoms with van der Waals surface area (Å²) in [6.07, 6.45) is -0.406. The third-order valence-corrected chi connectivity index (χ3v) is 6.00. The minimum atomic E-state index is -0.407. The maximum Gasteiger partial charge on any atom is 0.269 e. The minimum absolute atomic E-state index is 0.0686. The molecule has 0 saturated heterocycles. The number of halogens is 1. The van der Waals surface area contributed by atoms with Gasteiger partial charge in [-0.1, -0.05) is 65.8 Å². The summed E-state index contributed by atoms with van der Waals surface area (Å²) < 4.78 is 8.03. The molecule has 0 amide bonds. The molecule has 0 N–H and O–H groups in total. The topological polar surface area (TPSA) is 83.1 Å². The zero-order valence-corrected chi connectivity index (χ0v) is 18.7. The standard InChI is InChI=1S/C23H19ClN4O3S/c1-16(31-21-10-6-5-9-20(21)24)22-25-26-23(27(22)18-7-3-2-4-8-18)32-15-17-11-13-19(14-12-17)28(29)30/h2-14,16H,15H2,1H3. The molecular weight excluding hydrogens is 448 g/mol. The summed E-state index contributed by atoms with van der Waals surface area (Å²) >= 11 is 7.75. The van der Waals surface area contributed by atoms with Crippen LogP contribution in [0, 0.1) is 10.1 Å². The fourth-order valence-corrected chi connectivity index (χ4v) is 4.20. The highest BCUT2D eigenvalue weighted by Gasteiger charge is 2.21. The lowest BCUT2D eigenvalue weighted by molar-refractivity contribution is -0.384. The number of benzene rings is 3. The third kappa shape index (κ3) is 4.92. The van der Waals surface area contributed by atoms with Gasteiger partial charge in [-0.25, -0.2) is 0 Å². The van der Waals surface area contributed by atoms with Crippen molar-refractivity contribution in [2.75, 3.05) is 0 Å². The Kier molecular flexibility index (Phi) is 6.72. The van der Waals surface area contributed by atoms with Gasteiger partial charge in [-0.05, 0) is 36.8 Å². The van der Waals surface area contributed by atoms with Crippen molar-refractivity contribution in [3.8, 4) is 11.4 Å². The summed E-state index contributed by atoms with van der Waals surface area (Å²) in [6.45, 7) is 1.90. The maximum absolute atomic E-state index is 10.9. The molecule has 4 aromatic rings. The number of nitro benzene ring substituents is 1. The van der Waals surface area contributed by atoms with Crippen LogP contribution >= 0.6 is 23.4 Å². The van der Waals surface area contributed by atoms with E-state index in [2.05, 4.69) is 10.2 Å². The molecule has 9 heteroatoms. The quantitative estimate of drug-likeness (QED) is 0.173. The molecule has 0 radical (unpaired) electrons. The molecule has 0 aliphatic carbocycles. The van der Waals surface area contributed by atoms with Gasteiger partial charge < -0.3 is 4.74 Å². The lowest BCUT2D eigenvalue weighted by Crippen LogP contribution is -2.11.